The van der Waals surface area contributed by atoms with Crippen LogP contribution in [0.15, 0.2) is 42.2 Å². The minimum absolute atomic E-state index is 0.0141. The van der Waals surface area contributed by atoms with Gasteiger partial charge in [0.15, 0.2) is 12.4 Å². The number of aromatic nitrogens is 1. The van der Waals surface area contributed by atoms with E-state index in [9.17, 15) is 14.0 Å². The van der Waals surface area contributed by atoms with Crippen molar-refractivity contribution in [3.8, 4) is 11.1 Å². The van der Waals surface area contributed by atoms with Crippen LogP contribution in [-0.4, -0.2) is 16.5 Å². The maximum atomic E-state index is 14.6. The first-order valence-electron chi connectivity index (χ1n) is 8.65. The zero-order valence-electron chi connectivity index (χ0n) is 16.4. The molecule has 2 aromatic rings. The fourth-order valence-electron chi connectivity index (χ4n) is 3.07. The topological polar surface area (TPSA) is 48.3 Å². The summed E-state index contributed by atoms with van der Waals surface area (Å²) < 4.78 is 21.7. The van der Waals surface area contributed by atoms with Gasteiger partial charge in [0.2, 0.25) is 0 Å². The third kappa shape index (κ3) is 4.32. The van der Waals surface area contributed by atoms with E-state index >= 15 is 0 Å². The lowest BCUT2D eigenvalue weighted by molar-refractivity contribution is -0.129. The summed E-state index contributed by atoms with van der Waals surface area (Å²) in [5.74, 6) is -0.806. The first-order valence-corrected chi connectivity index (χ1v) is 9.02. The molecule has 0 bridgehead atoms. The highest BCUT2D eigenvalue weighted by Crippen LogP contribution is 2.38. The van der Waals surface area contributed by atoms with Crippen LogP contribution in [0.2, 0.25) is 5.02 Å². The molecule has 1 aromatic carbocycles. The second-order valence-corrected chi connectivity index (χ2v) is 7.75. The second-order valence-electron chi connectivity index (χ2n) is 7.32. The third-order valence-electron chi connectivity index (χ3n) is 4.15. The lowest BCUT2D eigenvalue weighted by atomic mass is 9.91. The predicted molar refractivity (Wildman–Crippen MR) is 112 cm³/mol. The molecule has 0 aliphatic rings. The molecule has 0 saturated heterocycles. The van der Waals surface area contributed by atoms with Crippen LogP contribution in [0, 0.1) is 0 Å². The summed E-state index contributed by atoms with van der Waals surface area (Å²) in [6.45, 7) is 12.4. The Balaban J connectivity index is 3.03. The fourth-order valence-corrected chi connectivity index (χ4v) is 3.20. The zero-order chi connectivity index (χ0) is 21.2. The van der Waals surface area contributed by atoms with Gasteiger partial charge in [0.05, 0.1) is 16.9 Å². The van der Waals surface area contributed by atoms with Crippen molar-refractivity contribution in [2.45, 2.75) is 32.5 Å². The monoisotopic (exact) mass is 403 g/mol. The number of nitrogens with zero attached hydrogens (tertiary/aromatic N) is 1. The molecule has 1 unspecified atom stereocenters. The van der Waals surface area contributed by atoms with Crippen LogP contribution in [0.5, 0.6) is 0 Å². The van der Waals surface area contributed by atoms with E-state index in [0.717, 1.165) is 0 Å². The highest BCUT2D eigenvalue weighted by molar-refractivity contribution is 6.30. The number of rotatable bonds is 6. The fraction of sp³-hybridized carbons (Fsp3) is 0.273. The van der Waals surface area contributed by atoms with Gasteiger partial charge < -0.3 is 14.1 Å². The third-order valence-corrected chi connectivity index (χ3v) is 4.41. The van der Waals surface area contributed by atoms with E-state index in [4.69, 9.17) is 16.3 Å². The maximum absolute atomic E-state index is 14.6. The van der Waals surface area contributed by atoms with Crippen molar-refractivity contribution in [3.05, 3.63) is 69.6 Å². The number of hydrogen-bond acceptors (Lipinski definition) is 3. The number of aldehydes is 1. The van der Waals surface area contributed by atoms with Crippen LogP contribution in [0.3, 0.4) is 0 Å². The summed E-state index contributed by atoms with van der Waals surface area (Å²) in [5, 5.41) is 0.498. The van der Waals surface area contributed by atoms with Crippen LogP contribution < -0.4 is 5.56 Å². The number of benzene rings is 1. The van der Waals surface area contributed by atoms with Crippen molar-refractivity contribution in [2.75, 3.05) is 0 Å². The number of pyridine rings is 1. The van der Waals surface area contributed by atoms with E-state index in [0.29, 0.717) is 22.4 Å². The molecular weight excluding hydrogens is 381 g/mol. The quantitative estimate of drug-likeness (QED) is 0.611. The molecule has 1 heterocycles. The molecule has 0 fully saturated rings. The van der Waals surface area contributed by atoms with E-state index in [-0.39, 0.29) is 16.8 Å². The largest absolute Gasteiger partial charge is 0.359 e. The highest BCUT2D eigenvalue weighted by atomic mass is 35.5. The van der Waals surface area contributed by atoms with E-state index in [1.165, 1.54) is 17.7 Å². The first-order chi connectivity index (χ1) is 13.0. The van der Waals surface area contributed by atoms with Gasteiger partial charge in [0.25, 0.3) is 5.56 Å². The minimum Gasteiger partial charge on any atom is -0.359 e. The SMILES string of the molecule is C=Cc1c(C(=C)F)c(-c2ccc(Cl)cc2)c(C(C=O)OC(C)(C)C)n(C)c1=O. The molecule has 0 aliphatic heterocycles. The summed E-state index contributed by atoms with van der Waals surface area (Å²) in [6, 6.07) is 6.66. The van der Waals surface area contributed by atoms with Crippen LogP contribution >= 0.6 is 11.6 Å². The molecule has 2 rings (SSSR count). The van der Waals surface area contributed by atoms with Gasteiger partial charge >= 0.3 is 0 Å². The Morgan fingerprint density at radius 3 is 2.29 bits per heavy atom. The van der Waals surface area contributed by atoms with Crippen LogP contribution in [-0.2, 0) is 16.6 Å². The lowest BCUT2D eigenvalue weighted by Crippen LogP contribution is -2.31. The molecule has 0 N–H and O–H groups in total. The van der Waals surface area contributed by atoms with Gasteiger partial charge in [0.1, 0.15) is 5.83 Å². The number of halogens is 2. The first kappa shape index (κ1) is 21.8. The Kier molecular flexibility index (Phi) is 6.42. The van der Waals surface area contributed by atoms with Crippen molar-refractivity contribution in [1.82, 2.24) is 4.57 Å². The van der Waals surface area contributed by atoms with E-state index in [2.05, 4.69) is 13.2 Å². The van der Waals surface area contributed by atoms with Crippen molar-refractivity contribution < 1.29 is 13.9 Å². The zero-order valence-corrected chi connectivity index (χ0v) is 17.1. The molecule has 0 spiro atoms. The standard InChI is InChI=1S/C22H23ClFNO3/c1-7-16-18(13(2)24)19(14-8-10-15(23)11-9-14)20(25(6)21(16)27)17(12-26)28-22(3,4)5/h7-12,17H,1-2H2,3-6H3. The molecule has 4 nitrogen and oxygen atoms in total. The van der Waals surface area contributed by atoms with Crippen molar-refractivity contribution in [3.63, 3.8) is 0 Å². The van der Waals surface area contributed by atoms with E-state index < -0.39 is 23.1 Å². The smallest absolute Gasteiger partial charge is 0.258 e. The molecule has 1 aromatic heterocycles. The van der Waals surface area contributed by atoms with Gasteiger partial charge in [-0.05, 0) is 38.5 Å². The van der Waals surface area contributed by atoms with Crippen molar-refractivity contribution in [2.24, 2.45) is 7.05 Å². The molecular formula is C22H23ClFNO3. The van der Waals surface area contributed by atoms with Gasteiger partial charge in [-0.15, -0.1) is 0 Å². The average molecular weight is 404 g/mol. The molecule has 0 aliphatic carbocycles. The van der Waals surface area contributed by atoms with Crippen LogP contribution in [0.4, 0.5) is 4.39 Å². The molecule has 0 amide bonds. The molecule has 28 heavy (non-hydrogen) atoms. The van der Waals surface area contributed by atoms with Gasteiger partial charge in [-0.2, -0.15) is 0 Å². The summed E-state index contributed by atoms with van der Waals surface area (Å²) >= 11 is 5.99. The van der Waals surface area contributed by atoms with Crippen LogP contribution in [0.1, 0.15) is 43.7 Å². The molecule has 1 atom stereocenters. The van der Waals surface area contributed by atoms with Gasteiger partial charge in [-0.25, -0.2) is 4.39 Å². The molecule has 0 saturated carbocycles. The normalized spacial score (nSPS) is 12.5. The number of carbonyl (C=O) groups excluding carboxylic acids is 1. The van der Waals surface area contributed by atoms with Gasteiger partial charge in [0, 0.05) is 23.2 Å². The number of ether oxygens (including phenoxy) is 1. The van der Waals surface area contributed by atoms with E-state index in [1.54, 1.807) is 45.0 Å². The Bertz CT molecular complexity index is 985. The average Bonchev–Trinajstić information content (AvgIpc) is 2.61. The molecule has 148 valence electrons. The second kappa shape index (κ2) is 8.25. The molecule has 6 heteroatoms. The number of hydrogen-bond donors (Lipinski definition) is 0. The Morgan fingerprint density at radius 2 is 1.86 bits per heavy atom. The highest BCUT2D eigenvalue weighted by Gasteiger charge is 2.30. The van der Waals surface area contributed by atoms with Crippen LogP contribution in [0.25, 0.3) is 23.0 Å². The molecule has 0 radical (unpaired) electrons. The Morgan fingerprint density at radius 1 is 1.29 bits per heavy atom. The summed E-state index contributed by atoms with van der Waals surface area (Å²) in [6.07, 6.45) is 0.782. The van der Waals surface area contributed by atoms with Crippen molar-refractivity contribution >= 4 is 29.8 Å². The minimum atomic E-state index is -1.10. The summed E-state index contributed by atoms with van der Waals surface area (Å²) in [7, 11) is 1.51. The van der Waals surface area contributed by atoms with Gasteiger partial charge in [-0.3, -0.25) is 4.79 Å². The Labute approximate surface area is 168 Å². The summed E-state index contributed by atoms with van der Waals surface area (Å²) in [5.41, 5.74) is 0.00303. The van der Waals surface area contributed by atoms with E-state index in [1.807, 2.05) is 0 Å². The predicted octanol–water partition coefficient (Wildman–Crippen LogP) is 5.34. The Hall–Kier alpha value is -2.50. The lowest BCUT2D eigenvalue weighted by Gasteiger charge is -2.28. The maximum Gasteiger partial charge on any atom is 0.258 e. The number of carbonyl (C=O) groups is 1. The summed E-state index contributed by atoms with van der Waals surface area (Å²) in [4.78, 5) is 24.8. The van der Waals surface area contributed by atoms with Crippen molar-refractivity contribution in [1.29, 1.82) is 0 Å². The van der Waals surface area contributed by atoms with Gasteiger partial charge in [-0.1, -0.05) is 43.0 Å².